The van der Waals surface area contributed by atoms with Crippen molar-refractivity contribution in [2.45, 2.75) is 6.42 Å². The maximum Gasteiger partial charge on any atom is 0.251 e. The van der Waals surface area contributed by atoms with E-state index in [1.807, 2.05) is 30.3 Å². The number of carbonyl (C=O) groups is 1. The molecule has 0 aromatic heterocycles. The summed E-state index contributed by atoms with van der Waals surface area (Å²) in [5.74, 6) is 0.614. The second-order valence-corrected chi connectivity index (χ2v) is 10.0. The summed E-state index contributed by atoms with van der Waals surface area (Å²) in [7, 11) is -1.71. The SMILES string of the molecule is COc1ccc(N2CCN(S(=O)(=O)CCCNC(=O)c3cccc(Br)c3)CC2)cc1. The molecule has 9 heteroatoms. The number of hydrogen-bond acceptors (Lipinski definition) is 5. The van der Waals surface area contributed by atoms with Crippen LogP contribution in [-0.2, 0) is 10.0 Å². The second-order valence-electron chi connectivity index (χ2n) is 7.02. The summed E-state index contributed by atoms with van der Waals surface area (Å²) in [4.78, 5) is 14.3. The number of piperazine rings is 1. The first-order valence-electron chi connectivity index (χ1n) is 9.79. The highest BCUT2D eigenvalue weighted by Gasteiger charge is 2.26. The van der Waals surface area contributed by atoms with Crippen LogP contribution in [0.4, 0.5) is 5.69 Å². The average molecular weight is 496 g/mol. The minimum Gasteiger partial charge on any atom is -0.497 e. The number of amides is 1. The van der Waals surface area contributed by atoms with Crippen LogP contribution < -0.4 is 15.0 Å². The van der Waals surface area contributed by atoms with Gasteiger partial charge in [0.1, 0.15) is 5.75 Å². The quantitative estimate of drug-likeness (QED) is 0.569. The van der Waals surface area contributed by atoms with Crippen LogP contribution in [0.2, 0.25) is 0 Å². The van der Waals surface area contributed by atoms with Crippen molar-refractivity contribution in [3.05, 3.63) is 58.6 Å². The lowest BCUT2D eigenvalue weighted by Crippen LogP contribution is -2.49. The average Bonchev–Trinajstić information content (AvgIpc) is 2.77. The molecule has 30 heavy (non-hydrogen) atoms. The number of hydrogen-bond donors (Lipinski definition) is 1. The molecular formula is C21H26BrN3O4S. The van der Waals surface area contributed by atoms with Crippen molar-refractivity contribution in [1.29, 1.82) is 0 Å². The Hall–Kier alpha value is -2.10. The molecule has 1 amide bonds. The monoisotopic (exact) mass is 495 g/mol. The van der Waals surface area contributed by atoms with E-state index < -0.39 is 10.0 Å². The van der Waals surface area contributed by atoms with Crippen molar-refractivity contribution >= 4 is 37.5 Å². The summed E-state index contributed by atoms with van der Waals surface area (Å²) in [6, 6.07) is 14.9. The van der Waals surface area contributed by atoms with Gasteiger partial charge in [0.15, 0.2) is 0 Å². The first-order valence-corrected chi connectivity index (χ1v) is 12.2. The molecule has 7 nitrogen and oxygen atoms in total. The molecule has 0 atom stereocenters. The number of rotatable bonds is 8. The fraction of sp³-hybridized carbons (Fsp3) is 0.381. The van der Waals surface area contributed by atoms with Gasteiger partial charge in [-0.2, -0.15) is 4.31 Å². The Morgan fingerprint density at radius 1 is 1.10 bits per heavy atom. The van der Waals surface area contributed by atoms with E-state index in [2.05, 4.69) is 26.1 Å². The minimum absolute atomic E-state index is 0.0221. The lowest BCUT2D eigenvalue weighted by Gasteiger charge is -2.35. The van der Waals surface area contributed by atoms with Crippen molar-refractivity contribution in [3.63, 3.8) is 0 Å². The van der Waals surface area contributed by atoms with Crippen molar-refractivity contribution in [2.75, 3.05) is 50.5 Å². The van der Waals surface area contributed by atoms with Crippen molar-refractivity contribution < 1.29 is 17.9 Å². The van der Waals surface area contributed by atoms with Gasteiger partial charge in [0, 0.05) is 48.4 Å². The molecule has 1 saturated heterocycles. The molecule has 0 saturated carbocycles. The van der Waals surface area contributed by atoms with E-state index in [0.29, 0.717) is 44.7 Å². The Kier molecular flexibility index (Phi) is 7.74. The third-order valence-corrected chi connectivity index (χ3v) is 7.47. The van der Waals surface area contributed by atoms with E-state index in [-0.39, 0.29) is 11.7 Å². The van der Waals surface area contributed by atoms with Crippen LogP contribution in [0.5, 0.6) is 5.75 Å². The summed E-state index contributed by atoms with van der Waals surface area (Å²) in [6.07, 6.45) is 0.376. The number of anilines is 1. The van der Waals surface area contributed by atoms with Gasteiger partial charge < -0.3 is 15.0 Å². The standard InChI is InChI=1S/C21H26BrN3O4S/c1-29-20-8-6-19(7-9-20)24-11-13-25(14-12-24)30(27,28)15-3-10-23-21(26)17-4-2-5-18(22)16-17/h2,4-9,16H,3,10-15H2,1H3,(H,23,26). The van der Waals surface area contributed by atoms with E-state index in [1.54, 1.807) is 29.6 Å². The molecule has 3 rings (SSSR count). The molecule has 1 aliphatic rings. The predicted molar refractivity (Wildman–Crippen MR) is 122 cm³/mol. The zero-order valence-electron chi connectivity index (χ0n) is 16.9. The van der Waals surface area contributed by atoms with Crippen LogP contribution in [-0.4, -0.2) is 64.2 Å². The summed E-state index contributed by atoms with van der Waals surface area (Å²) < 4.78 is 32.8. The van der Waals surface area contributed by atoms with Gasteiger partial charge in [-0.15, -0.1) is 0 Å². The van der Waals surface area contributed by atoms with Gasteiger partial charge in [0.2, 0.25) is 10.0 Å². The lowest BCUT2D eigenvalue weighted by atomic mass is 10.2. The smallest absolute Gasteiger partial charge is 0.251 e. The number of halogens is 1. The van der Waals surface area contributed by atoms with Crippen LogP contribution in [0, 0.1) is 0 Å². The summed E-state index contributed by atoms with van der Waals surface area (Å²) >= 11 is 3.33. The van der Waals surface area contributed by atoms with Gasteiger partial charge in [-0.1, -0.05) is 22.0 Å². The topological polar surface area (TPSA) is 79.0 Å². The molecule has 0 radical (unpaired) electrons. The van der Waals surface area contributed by atoms with Crippen molar-refractivity contribution in [2.24, 2.45) is 0 Å². The maximum atomic E-state index is 12.6. The number of methoxy groups -OCH3 is 1. The number of nitrogens with zero attached hydrogens (tertiary/aromatic N) is 2. The number of nitrogens with one attached hydrogen (secondary N) is 1. The molecule has 0 unspecified atom stereocenters. The molecule has 0 aliphatic carbocycles. The van der Waals surface area contributed by atoms with Gasteiger partial charge in [-0.3, -0.25) is 4.79 Å². The Morgan fingerprint density at radius 3 is 2.43 bits per heavy atom. The van der Waals surface area contributed by atoms with E-state index in [4.69, 9.17) is 4.74 Å². The van der Waals surface area contributed by atoms with E-state index in [9.17, 15) is 13.2 Å². The summed E-state index contributed by atoms with van der Waals surface area (Å²) in [6.45, 7) is 2.52. The van der Waals surface area contributed by atoms with Gasteiger partial charge in [0.05, 0.1) is 12.9 Å². The first kappa shape index (κ1) is 22.6. The number of carbonyl (C=O) groups excluding carboxylic acids is 1. The Balaban J connectivity index is 1.43. The molecular weight excluding hydrogens is 470 g/mol. The molecule has 1 N–H and O–H groups in total. The first-order chi connectivity index (χ1) is 14.4. The number of sulfonamides is 1. The lowest BCUT2D eigenvalue weighted by molar-refractivity contribution is 0.0953. The van der Waals surface area contributed by atoms with E-state index in [0.717, 1.165) is 15.9 Å². The van der Waals surface area contributed by atoms with E-state index >= 15 is 0 Å². The van der Waals surface area contributed by atoms with Crippen LogP contribution in [0.1, 0.15) is 16.8 Å². The zero-order valence-corrected chi connectivity index (χ0v) is 19.3. The molecule has 1 heterocycles. The molecule has 162 valence electrons. The molecule has 1 aliphatic heterocycles. The van der Waals surface area contributed by atoms with Gasteiger partial charge in [-0.05, 0) is 48.9 Å². The Morgan fingerprint density at radius 2 is 1.80 bits per heavy atom. The molecule has 0 spiro atoms. The highest BCUT2D eigenvalue weighted by atomic mass is 79.9. The van der Waals surface area contributed by atoms with Gasteiger partial charge >= 0.3 is 0 Å². The van der Waals surface area contributed by atoms with Crippen LogP contribution in [0.25, 0.3) is 0 Å². The fourth-order valence-corrected chi connectivity index (χ4v) is 5.22. The number of ether oxygens (including phenoxy) is 1. The Labute approximate surface area is 186 Å². The van der Waals surface area contributed by atoms with Crippen molar-refractivity contribution in [3.8, 4) is 5.75 Å². The Bertz CT molecular complexity index is 958. The third kappa shape index (κ3) is 5.96. The fourth-order valence-electron chi connectivity index (χ4n) is 3.33. The van der Waals surface area contributed by atoms with Gasteiger partial charge in [0.25, 0.3) is 5.91 Å². The highest BCUT2D eigenvalue weighted by molar-refractivity contribution is 9.10. The highest BCUT2D eigenvalue weighted by Crippen LogP contribution is 2.21. The van der Waals surface area contributed by atoms with Gasteiger partial charge in [-0.25, -0.2) is 8.42 Å². The van der Waals surface area contributed by atoms with Crippen molar-refractivity contribution in [1.82, 2.24) is 9.62 Å². The van der Waals surface area contributed by atoms with Crippen LogP contribution >= 0.6 is 15.9 Å². The minimum atomic E-state index is -3.34. The third-order valence-electron chi connectivity index (χ3n) is 5.02. The second kappa shape index (κ2) is 10.3. The summed E-state index contributed by atoms with van der Waals surface area (Å²) in [5, 5.41) is 2.78. The largest absolute Gasteiger partial charge is 0.497 e. The zero-order chi connectivity index (χ0) is 21.6. The molecule has 1 fully saturated rings. The summed E-state index contributed by atoms with van der Waals surface area (Å²) in [5.41, 5.74) is 1.60. The number of benzene rings is 2. The normalized spacial score (nSPS) is 15.1. The predicted octanol–water partition coefficient (Wildman–Crippen LogP) is 2.73. The molecule has 2 aromatic rings. The molecule has 2 aromatic carbocycles. The molecule has 0 bridgehead atoms. The van der Waals surface area contributed by atoms with E-state index in [1.165, 1.54) is 0 Å². The van der Waals surface area contributed by atoms with Crippen LogP contribution in [0.3, 0.4) is 0 Å². The maximum absolute atomic E-state index is 12.6. The van der Waals surface area contributed by atoms with Crippen LogP contribution in [0.15, 0.2) is 53.0 Å².